The smallest absolute Gasteiger partial charge is 0.339 e. The molecule has 0 amide bonds. The van der Waals surface area contributed by atoms with E-state index < -0.39 is 10.1 Å². The van der Waals surface area contributed by atoms with E-state index >= 15 is 0 Å². The van der Waals surface area contributed by atoms with Gasteiger partial charge in [-0.3, -0.25) is 5.43 Å². The number of nitrogens with one attached hydrogen (secondary N) is 1. The fourth-order valence-electron chi connectivity index (χ4n) is 2.40. The lowest BCUT2D eigenvalue weighted by Crippen LogP contribution is -2.10. The van der Waals surface area contributed by atoms with Crippen LogP contribution in [0, 0.1) is 6.92 Å². The summed E-state index contributed by atoms with van der Waals surface area (Å²) in [6.07, 6.45) is 1.60. The van der Waals surface area contributed by atoms with Gasteiger partial charge in [-0.25, -0.2) is 0 Å². The molecule has 0 saturated heterocycles. The third-order valence-electron chi connectivity index (χ3n) is 3.88. The Kier molecular flexibility index (Phi) is 5.96. The van der Waals surface area contributed by atoms with Crippen LogP contribution in [-0.4, -0.2) is 21.7 Å². The number of hydrogen-bond donors (Lipinski definition) is 1. The fraction of sp³-hybridized carbons (Fsp3) is 0.0952. The summed E-state index contributed by atoms with van der Waals surface area (Å²) in [5.41, 5.74) is 5.45. The van der Waals surface area contributed by atoms with Crippen LogP contribution in [-0.2, 0) is 10.1 Å². The van der Waals surface area contributed by atoms with Crippen LogP contribution in [0.2, 0.25) is 0 Å². The van der Waals surface area contributed by atoms with E-state index in [2.05, 4.69) is 10.5 Å². The van der Waals surface area contributed by atoms with Crippen molar-refractivity contribution in [2.24, 2.45) is 5.10 Å². The maximum absolute atomic E-state index is 12.5. The highest BCUT2D eigenvalue weighted by atomic mass is 32.2. The molecule has 0 spiro atoms. The standard InChI is InChI=1S/C21H20N2O4S/c1-16-8-11-19(12-9-16)28(24,25)27-20-13-10-17(14-21(20)26-2)15-22-23-18-6-4-3-5-7-18/h3-15,23H,1-2H3/b22-15-. The number of para-hydroxylation sites is 1. The number of rotatable bonds is 7. The second-order valence-corrected chi connectivity index (χ2v) is 7.54. The summed E-state index contributed by atoms with van der Waals surface area (Å²) in [6, 6.07) is 20.8. The third-order valence-corrected chi connectivity index (χ3v) is 5.13. The van der Waals surface area contributed by atoms with Crippen molar-refractivity contribution >= 4 is 22.0 Å². The van der Waals surface area contributed by atoms with Crippen LogP contribution < -0.4 is 14.3 Å². The number of ether oxygens (including phenoxy) is 1. The molecule has 3 aromatic carbocycles. The van der Waals surface area contributed by atoms with Gasteiger partial charge in [0.05, 0.1) is 19.0 Å². The van der Waals surface area contributed by atoms with Gasteiger partial charge < -0.3 is 8.92 Å². The summed E-state index contributed by atoms with van der Waals surface area (Å²) >= 11 is 0. The molecular weight excluding hydrogens is 376 g/mol. The van der Waals surface area contributed by atoms with Gasteiger partial charge in [-0.2, -0.15) is 13.5 Å². The predicted octanol–water partition coefficient (Wildman–Crippen LogP) is 4.22. The number of methoxy groups -OCH3 is 1. The first-order valence-electron chi connectivity index (χ1n) is 8.51. The molecule has 3 aromatic rings. The lowest BCUT2D eigenvalue weighted by atomic mass is 10.2. The quantitative estimate of drug-likeness (QED) is 0.368. The van der Waals surface area contributed by atoms with E-state index in [1.54, 1.807) is 30.5 Å². The minimum absolute atomic E-state index is 0.0813. The van der Waals surface area contributed by atoms with E-state index in [1.807, 2.05) is 37.3 Å². The monoisotopic (exact) mass is 396 g/mol. The lowest BCUT2D eigenvalue weighted by molar-refractivity contribution is 0.390. The van der Waals surface area contributed by atoms with Crippen molar-refractivity contribution in [2.45, 2.75) is 11.8 Å². The molecule has 0 bridgehead atoms. The fourth-order valence-corrected chi connectivity index (χ4v) is 3.34. The Morgan fingerprint density at radius 2 is 1.64 bits per heavy atom. The summed E-state index contributed by atoms with van der Waals surface area (Å²) < 4.78 is 35.5. The molecule has 144 valence electrons. The van der Waals surface area contributed by atoms with Crippen LogP contribution in [0.15, 0.2) is 82.8 Å². The summed E-state index contributed by atoms with van der Waals surface area (Å²) in [4.78, 5) is 0.0813. The first kappa shape index (κ1) is 19.4. The highest BCUT2D eigenvalue weighted by molar-refractivity contribution is 7.87. The molecule has 28 heavy (non-hydrogen) atoms. The third kappa shape index (κ3) is 4.89. The average molecular weight is 396 g/mol. The molecule has 0 aromatic heterocycles. The molecule has 0 radical (unpaired) electrons. The average Bonchev–Trinajstić information content (AvgIpc) is 2.70. The number of aryl methyl sites for hydroxylation is 1. The first-order valence-corrected chi connectivity index (χ1v) is 9.92. The van der Waals surface area contributed by atoms with E-state index in [9.17, 15) is 8.42 Å². The summed E-state index contributed by atoms with van der Waals surface area (Å²) in [6.45, 7) is 1.88. The van der Waals surface area contributed by atoms with Crippen LogP contribution in [0.3, 0.4) is 0 Å². The molecule has 0 aliphatic carbocycles. The molecular formula is C21H20N2O4S. The highest BCUT2D eigenvalue weighted by Gasteiger charge is 2.19. The van der Waals surface area contributed by atoms with Gasteiger partial charge >= 0.3 is 10.1 Å². The number of nitrogens with zero attached hydrogens (tertiary/aromatic N) is 1. The molecule has 1 N–H and O–H groups in total. The molecule has 0 aliphatic rings. The molecule has 0 atom stereocenters. The van der Waals surface area contributed by atoms with Crippen molar-refractivity contribution in [1.29, 1.82) is 0 Å². The van der Waals surface area contributed by atoms with Gasteiger partial charge in [0.2, 0.25) is 0 Å². The zero-order valence-electron chi connectivity index (χ0n) is 15.5. The van der Waals surface area contributed by atoms with Crippen molar-refractivity contribution < 1.29 is 17.3 Å². The molecule has 0 heterocycles. The molecule has 3 rings (SSSR count). The largest absolute Gasteiger partial charge is 0.493 e. The molecule has 0 saturated carbocycles. The number of hydrazone groups is 1. The topological polar surface area (TPSA) is 77.0 Å². The summed E-state index contributed by atoms with van der Waals surface area (Å²) in [5.74, 6) is 0.399. The van der Waals surface area contributed by atoms with Crippen molar-refractivity contribution in [2.75, 3.05) is 12.5 Å². The maximum atomic E-state index is 12.5. The molecule has 0 fully saturated rings. The second-order valence-electron chi connectivity index (χ2n) is 6.00. The minimum Gasteiger partial charge on any atom is -0.493 e. The van der Waals surface area contributed by atoms with Crippen LogP contribution in [0.4, 0.5) is 5.69 Å². The number of benzene rings is 3. The Bertz CT molecular complexity index is 1060. The first-order chi connectivity index (χ1) is 13.5. The van der Waals surface area contributed by atoms with Crippen LogP contribution >= 0.6 is 0 Å². The van der Waals surface area contributed by atoms with Gasteiger partial charge in [0.15, 0.2) is 11.5 Å². The SMILES string of the molecule is COc1cc(/C=N\Nc2ccccc2)ccc1OS(=O)(=O)c1ccc(C)cc1. The van der Waals surface area contributed by atoms with Crippen molar-refractivity contribution in [3.63, 3.8) is 0 Å². The van der Waals surface area contributed by atoms with Gasteiger partial charge in [-0.05, 0) is 55.0 Å². The van der Waals surface area contributed by atoms with Crippen LogP contribution in [0.1, 0.15) is 11.1 Å². The predicted molar refractivity (Wildman–Crippen MR) is 110 cm³/mol. The maximum Gasteiger partial charge on any atom is 0.339 e. The molecule has 0 aliphatic heterocycles. The molecule has 0 unspecified atom stereocenters. The Morgan fingerprint density at radius 1 is 0.929 bits per heavy atom. The van der Waals surface area contributed by atoms with E-state index in [0.29, 0.717) is 5.75 Å². The Hall–Kier alpha value is -3.32. The van der Waals surface area contributed by atoms with Crippen molar-refractivity contribution in [1.82, 2.24) is 0 Å². The zero-order chi connectivity index (χ0) is 20.0. The van der Waals surface area contributed by atoms with Gasteiger partial charge in [0, 0.05) is 0 Å². The van der Waals surface area contributed by atoms with Crippen LogP contribution in [0.25, 0.3) is 0 Å². The van der Waals surface area contributed by atoms with E-state index in [0.717, 1.165) is 16.8 Å². The number of hydrogen-bond acceptors (Lipinski definition) is 6. The lowest BCUT2D eigenvalue weighted by Gasteiger charge is -2.11. The normalized spacial score (nSPS) is 11.4. The number of anilines is 1. The Balaban J connectivity index is 1.76. The van der Waals surface area contributed by atoms with Crippen molar-refractivity contribution in [3.05, 3.63) is 83.9 Å². The van der Waals surface area contributed by atoms with E-state index in [1.165, 1.54) is 25.3 Å². The molecule has 6 nitrogen and oxygen atoms in total. The minimum atomic E-state index is -3.95. The van der Waals surface area contributed by atoms with E-state index in [-0.39, 0.29) is 10.6 Å². The van der Waals surface area contributed by atoms with Gasteiger partial charge in [0.1, 0.15) is 4.90 Å². The highest BCUT2D eigenvalue weighted by Crippen LogP contribution is 2.30. The van der Waals surface area contributed by atoms with Gasteiger partial charge in [-0.1, -0.05) is 35.9 Å². The van der Waals surface area contributed by atoms with Gasteiger partial charge in [0.25, 0.3) is 0 Å². The van der Waals surface area contributed by atoms with Gasteiger partial charge in [-0.15, -0.1) is 0 Å². The Labute approximate surface area is 164 Å². The zero-order valence-corrected chi connectivity index (χ0v) is 16.3. The molecule has 7 heteroatoms. The summed E-state index contributed by atoms with van der Waals surface area (Å²) in [5, 5.41) is 4.16. The second kappa shape index (κ2) is 8.58. The Morgan fingerprint density at radius 3 is 2.32 bits per heavy atom. The van der Waals surface area contributed by atoms with E-state index in [4.69, 9.17) is 8.92 Å². The van der Waals surface area contributed by atoms with Crippen molar-refractivity contribution in [3.8, 4) is 11.5 Å². The van der Waals surface area contributed by atoms with Crippen LogP contribution in [0.5, 0.6) is 11.5 Å². The summed E-state index contributed by atoms with van der Waals surface area (Å²) in [7, 11) is -2.51.